The van der Waals surface area contributed by atoms with Gasteiger partial charge in [0, 0.05) is 17.1 Å². The first-order chi connectivity index (χ1) is 6.24. The average molecular weight is 245 g/mol. The van der Waals surface area contributed by atoms with Crippen LogP contribution >= 0.6 is 15.9 Å². The summed E-state index contributed by atoms with van der Waals surface area (Å²) in [5.74, 6) is 0.677. The van der Waals surface area contributed by atoms with E-state index in [2.05, 4.69) is 26.2 Å². The monoisotopic (exact) mass is 244 g/mol. The molecule has 0 spiro atoms. The van der Waals surface area contributed by atoms with Gasteiger partial charge in [0.15, 0.2) is 0 Å². The Balaban J connectivity index is 2.53. The topological polar surface area (TPSA) is 34.1 Å². The van der Waals surface area contributed by atoms with Crippen LogP contribution in [0.4, 0.5) is 0 Å². The van der Waals surface area contributed by atoms with Gasteiger partial charge in [-0.15, -0.1) is 0 Å². The minimum atomic E-state index is 0.643. The van der Waals surface area contributed by atoms with Gasteiger partial charge >= 0.3 is 0 Å². The number of hydrogen-bond acceptors (Lipinski definition) is 3. The van der Waals surface area contributed by atoms with Crippen molar-refractivity contribution in [3.8, 4) is 5.88 Å². The van der Waals surface area contributed by atoms with Gasteiger partial charge in [-0.3, -0.25) is 0 Å². The van der Waals surface area contributed by atoms with Gasteiger partial charge < -0.3 is 10.1 Å². The SMILES string of the molecule is CNCCOc1ccc(Br)c(C)n1. The van der Waals surface area contributed by atoms with Crippen molar-refractivity contribution in [2.45, 2.75) is 6.92 Å². The number of likely N-dealkylation sites (N-methyl/N-ethyl adjacent to an activating group) is 1. The van der Waals surface area contributed by atoms with Crippen LogP contribution < -0.4 is 10.1 Å². The zero-order valence-electron chi connectivity index (χ0n) is 7.80. The molecular weight excluding hydrogens is 232 g/mol. The summed E-state index contributed by atoms with van der Waals surface area (Å²) in [5.41, 5.74) is 0.946. The number of halogens is 1. The molecule has 4 heteroatoms. The smallest absolute Gasteiger partial charge is 0.213 e. The largest absolute Gasteiger partial charge is 0.476 e. The van der Waals surface area contributed by atoms with E-state index in [1.807, 2.05) is 26.1 Å². The lowest BCUT2D eigenvalue weighted by Gasteiger charge is -2.05. The maximum absolute atomic E-state index is 5.39. The van der Waals surface area contributed by atoms with Crippen LogP contribution in [-0.2, 0) is 0 Å². The Labute approximate surface area is 86.6 Å². The van der Waals surface area contributed by atoms with Crippen LogP contribution in [0.1, 0.15) is 5.69 Å². The molecule has 1 aromatic heterocycles. The lowest BCUT2D eigenvalue weighted by molar-refractivity contribution is 0.306. The molecule has 0 aliphatic heterocycles. The number of nitrogens with zero attached hydrogens (tertiary/aromatic N) is 1. The van der Waals surface area contributed by atoms with Crippen LogP contribution in [0.15, 0.2) is 16.6 Å². The maximum atomic E-state index is 5.39. The van der Waals surface area contributed by atoms with Gasteiger partial charge in [0.25, 0.3) is 0 Å². The van der Waals surface area contributed by atoms with Crippen molar-refractivity contribution in [3.05, 3.63) is 22.3 Å². The van der Waals surface area contributed by atoms with Crippen molar-refractivity contribution in [1.29, 1.82) is 0 Å². The Bertz CT molecular complexity index is 278. The molecule has 1 N–H and O–H groups in total. The molecular formula is C9H13BrN2O. The second-order valence-electron chi connectivity index (χ2n) is 2.67. The number of hydrogen-bond donors (Lipinski definition) is 1. The summed E-state index contributed by atoms with van der Waals surface area (Å²) in [7, 11) is 1.89. The first kappa shape index (κ1) is 10.5. The van der Waals surface area contributed by atoms with Crippen LogP contribution in [0.5, 0.6) is 5.88 Å². The zero-order chi connectivity index (χ0) is 9.68. The van der Waals surface area contributed by atoms with E-state index in [9.17, 15) is 0 Å². The minimum absolute atomic E-state index is 0.643. The van der Waals surface area contributed by atoms with E-state index in [4.69, 9.17) is 4.74 Å². The third kappa shape index (κ3) is 3.32. The lowest BCUT2D eigenvalue weighted by atomic mass is 10.4. The standard InChI is InChI=1S/C9H13BrN2O/c1-7-8(10)3-4-9(12-7)13-6-5-11-2/h3-4,11H,5-6H2,1-2H3. The van der Waals surface area contributed by atoms with Crippen LogP contribution in [0.2, 0.25) is 0 Å². The van der Waals surface area contributed by atoms with E-state index in [0.717, 1.165) is 16.7 Å². The minimum Gasteiger partial charge on any atom is -0.476 e. The molecule has 13 heavy (non-hydrogen) atoms. The van der Waals surface area contributed by atoms with Gasteiger partial charge in [-0.1, -0.05) is 0 Å². The number of aryl methyl sites for hydroxylation is 1. The number of rotatable bonds is 4. The van der Waals surface area contributed by atoms with Crippen LogP contribution in [0, 0.1) is 6.92 Å². The van der Waals surface area contributed by atoms with Crippen molar-refractivity contribution >= 4 is 15.9 Å². The van der Waals surface area contributed by atoms with Crippen molar-refractivity contribution in [3.63, 3.8) is 0 Å². The van der Waals surface area contributed by atoms with E-state index in [1.165, 1.54) is 0 Å². The van der Waals surface area contributed by atoms with Crippen molar-refractivity contribution < 1.29 is 4.74 Å². The third-order valence-corrected chi connectivity index (χ3v) is 2.44. The Morgan fingerprint density at radius 3 is 2.92 bits per heavy atom. The van der Waals surface area contributed by atoms with Gasteiger partial charge in [-0.2, -0.15) is 0 Å². The lowest BCUT2D eigenvalue weighted by Crippen LogP contribution is -2.16. The molecule has 0 aromatic carbocycles. The first-order valence-corrected chi connectivity index (χ1v) is 4.94. The highest BCUT2D eigenvalue weighted by Gasteiger charge is 1.98. The van der Waals surface area contributed by atoms with E-state index in [-0.39, 0.29) is 0 Å². The molecule has 0 amide bonds. The molecule has 3 nitrogen and oxygen atoms in total. The molecule has 1 rings (SSSR count). The molecule has 1 heterocycles. The number of ether oxygens (including phenoxy) is 1. The van der Waals surface area contributed by atoms with E-state index >= 15 is 0 Å². The number of nitrogens with one attached hydrogen (secondary N) is 1. The molecule has 0 saturated heterocycles. The Morgan fingerprint density at radius 1 is 1.54 bits per heavy atom. The highest BCUT2D eigenvalue weighted by Crippen LogP contribution is 2.17. The molecule has 72 valence electrons. The van der Waals surface area contributed by atoms with E-state index in [0.29, 0.717) is 12.5 Å². The molecule has 0 atom stereocenters. The number of pyridine rings is 1. The normalized spacial score (nSPS) is 10.1. The zero-order valence-corrected chi connectivity index (χ0v) is 9.39. The average Bonchev–Trinajstić information content (AvgIpc) is 2.12. The molecule has 0 radical (unpaired) electrons. The fraction of sp³-hybridized carbons (Fsp3) is 0.444. The van der Waals surface area contributed by atoms with Gasteiger partial charge in [-0.25, -0.2) is 4.98 Å². The van der Waals surface area contributed by atoms with Crippen LogP contribution in [0.25, 0.3) is 0 Å². The highest BCUT2D eigenvalue weighted by molar-refractivity contribution is 9.10. The summed E-state index contributed by atoms with van der Waals surface area (Å²) >= 11 is 3.38. The van der Waals surface area contributed by atoms with Crippen LogP contribution in [0.3, 0.4) is 0 Å². The van der Waals surface area contributed by atoms with Crippen molar-refractivity contribution in [1.82, 2.24) is 10.3 Å². The highest BCUT2D eigenvalue weighted by atomic mass is 79.9. The molecule has 0 aliphatic rings. The van der Waals surface area contributed by atoms with Crippen molar-refractivity contribution in [2.75, 3.05) is 20.2 Å². The summed E-state index contributed by atoms with van der Waals surface area (Å²) in [6.07, 6.45) is 0. The molecule has 1 aromatic rings. The van der Waals surface area contributed by atoms with Gasteiger partial charge in [0.05, 0.1) is 5.69 Å². The van der Waals surface area contributed by atoms with Crippen molar-refractivity contribution in [2.24, 2.45) is 0 Å². The van der Waals surface area contributed by atoms with E-state index < -0.39 is 0 Å². The fourth-order valence-electron chi connectivity index (χ4n) is 0.859. The third-order valence-electron chi connectivity index (χ3n) is 1.60. The second kappa shape index (κ2) is 5.19. The summed E-state index contributed by atoms with van der Waals surface area (Å²) in [6, 6.07) is 3.80. The summed E-state index contributed by atoms with van der Waals surface area (Å²) in [6.45, 7) is 3.41. The predicted octanol–water partition coefficient (Wildman–Crippen LogP) is 1.75. The maximum Gasteiger partial charge on any atom is 0.213 e. The molecule has 0 aliphatic carbocycles. The van der Waals surface area contributed by atoms with Gasteiger partial charge in [0.2, 0.25) is 5.88 Å². The quantitative estimate of drug-likeness (QED) is 0.820. The van der Waals surface area contributed by atoms with E-state index in [1.54, 1.807) is 0 Å². The Kier molecular flexibility index (Phi) is 4.18. The summed E-state index contributed by atoms with van der Waals surface area (Å²) in [5, 5.41) is 3.00. The second-order valence-corrected chi connectivity index (χ2v) is 3.52. The fourth-order valence-corrected chi connectivity index (χ4v) is 1.08. The Morgan fingerprint density at radius 2 is 2.31 bits per heavy atom. The molecule has 0 bridgehead atoms. The Hall–Kier alpha value is -0.610. The molecule has 0 fully saturated rings. The summed E-state index contributed by atoms with van der Waals surface area (Å²) < 4.78 is 6.40. The van der Waals surface area contributed by atoms with Gasteiger partial charge in [-0.05, 0) is 36.0 Å². The summed E-state index contributed by atoms with van der Waals surface area (Å²) in [4.78, 5) is 4.25. The number of aromatic nitrogens is 1. The van der Waals surface area contributed by atoms with Crippen LogP contribution in [-0.4, -0.2) is 25.2 Å². The predicted molar refractivity (Wildman–Crippen MR) is 56.1 cm³/mol. The first-order valence-electron chi connectivity index (χ1n) is 4.14. The molecule has 0 saturated carbocycles. The molecule has 0 unspecified atom stereocenters. The van der Waals surface area contributed by atoms with Gasteiger partial charge in [0.1, 0.15) is 6.61 Å².